The van der Waals surface area contributed by atoms with E-state index in [1.165, 1.54) is 212 Å². The van der Waals surface area contributed by atoms with Gasteiger partial charge in [-0.3, -0.25) is 0 Å². The molecule has 1 aliphatic rings. The summed E-state index contributed by atoms with van der Waals surface area (Å²) in [5, 5.41) is 8.97. The normalized spacial score (nSPS) is 14.4. The lowest BCUT2D eigenvalue weighted by Crippen LogP contribution is -2.01. The van der Waals surface area contributed by atoms with Crippen LogP contribution < -0.4 is 0 Å². The third-order valence-corrected chi connectivity index (χ3v) is 9.63. The van der Waals surface area contributed by atoms with Gasteiger partial charge in [0.1, 0.15) is 0 Å². The lowest BCUT2D eigenvalue weighted by Gasteiger charge is -2.14. The van der Waals surface area contributed by atoms with Gasteiger partial charge in [-0.25, -0.2) is 0 Å². The van der Waals surface area contributed by atoms with E-state index in [0.29, 0.717) is 6.61 Å². The van der Waals surface area contributed by atoms with E-state index in [1.54, 1.807) is 0 Å². The van der Waals surface area contributed by atoms with Crippen LogP contribution in [0.1, 0.15) is 225 Å². The maximum absolute atomic E-state index is 8.97. The highest BCUT2D eigenvalue weighted by Crippen LogP contribution is 2.53. The van der Waals surface area contributed by atoms with Crippen molar-refractivity contribution in [1.82, 2.24) is 0 Å². The smallest absolute Gasteiger partial charge is 0.0431 e. The van der Waals surface area contributed by atoms with Crippen LogP contribution in [0.15, 0.2) is 0 Å². The monoisotopic (exact) mass is 535 g/mol. The van der Waals surface area contributed by atoms with Gasteiger partial charge in [0.15, 0.2) is 0 Å². The number of hydrogen-bond acceptors (Lipinski definition) is 1. The summed E-state index contributed by atoms with van der Waals surface area (Å²) in [5.74, 6) is 0. The topological polar surface area (TPSA) is 20.2 Å². The van der Waals surface area contributed by atoms with E-state index in [9.17, 15) is 0 Å². The molecule has 0 unspecified atom stereocenters. The molecule has 0 aliphatic heterocycles. The molecular formula is C37H74O. The van der Waals surface area contributed by atoms with Crippen molar-refractivity contribution in [3.63, 3.8) is 0 Å². The molecule has 0 radical (unpaired) electrons. The molecule has 1 rings (SSSR count). The van der Waals surface area contributed by atoms with Gasteiger partial charge in [-0.1, -0.05) is 193 Å². The summed E-state index contributed by atoms with van der Waals surface area (Å²) in [6.07, 6.45) is 49.4. The molecule has 1 saturated carbocycles. The first kappa shape index (κ1) is 36.0. The Morgan fingerprint density at radius 1 is 0.342 bits per heavy atom. The zero-order valence-electron chi connectivity index (χ0n) is 26.7. The van der Waals surface area contributed by atoms with Crippen molar-refractivity contribution in [2.45, 2.75) is 225 Å². The fourth-order valence-corrected chi connectivity index (χ4v) is 6.58. The highest BCUT2D eigenvalue weighted by Gasteiger charge is 2.40. The highest BCUT2D eigenvalue weighted by molar-refractivity contribution is 4.92. The lowest BCUT2D eigenvalue weighted by atomic mass is 9.92. The number of rotatable bonds is 33. The van der Waals surface area contributed by atoms with Crippen LogP contribution in [0.4, 0.5) is 0 Å². The Bertz CT molecular complexity index is 440. The summed E-state index contributed by atoms with van der Waals surface area (Å²) in [6.45, 7) is 2.69. The second-order valence-corrected chi connectivity index (χ2v) is 13.5. The summed E-state index contributed by atoms with van der Waals surface area (Å²) in [7, 11) is 0. The quantitative estimate of drug-likeness (QED) is 0.0830. The Morgan fingerprint density at radius 3 is 0.816 bits per heavy atom. The second kappa shape index (κ2) is 28.5. The molecule has 0 atom stereocenters. The standard InChI is InChI=1S/C37H74O/c1-2-3-4-5-6-7-8-9-10-11-12-13-14-15-16-17-18-19-20-21-22-23-24-25-26-27-28-29-32-37(34-35-37)33-30-31-36-38/h38H,2-36H2,1H3. The number of hydrogen-bond donors (Lipinski definition) is 1. The minimum Gasteiger partial charge on any atom is -0.396 e. The van der Waals surface area contributed by atoms with Gasteiger partial charge in [-0.15, -0.1) is 0 Å². The van der Waals surface area contributed by atoms with Crippen LogP contribution in [0.5, 0.6) is 0 Å². The summed E-state index contributed by atoms with van der Waals surface area (Å²) >= 11 is 0. The molecule has 1 nitrogen and oxygen atoms in total. The molecular weight excluding hydrogens is 460 g/mol. The Labute approximate surface area is 242 Å². The number of unbranched alkanes of at least 4 members (excludes halogenated alkanes) is 28. The zero-order valence-corrected chi connectivity index (χ0v) is 26.7. The van der Waals surface area contributed by atoms with Crippen molar-refractivity contribution in [3.8, 4) is 0 Å². The highest BCUT2D eigenvalue weighted by atomic mass is 16.2. The molecule has 0 aromatic heterocycles. The van der Waals surface area contributed by atoms with Crippen molar-refractivity contribution in [2.75, 3.05) is 6.61 Å². The average Bonchev–Trinajstić information content (AvgIpc) is 3.70. The molecule has 0 amide bonds. The summed E-state index contributed by atoms with van der Waals surface area (Å²) in [5.41, 5.74) is 0.723. The second-order valence-electron chi connectivity index (χ2n) is 13.5. The van der Waals surface area contributed by atoms with Gasteiger partial charge in [0.25, 0.3) is 0 Å². The van der Waals surface area contributed by atoms with E-state index in [2.05, 4.69) is 6.92 Å². The van der Waals surface area contributed by atoms with E-state index in [0.717, 1.165) is 11.8 Å². The Balaban J connectivity index is 1.64. The van der Waals surface area contributed by atoms with Crippen molar-refractivity contribution >= 4 is 0 Å². The fourth-order valence-electron chi connectivity index (χ4n) is 6.58. The molecule has 1 fully saturated rings. The van der Waals surface area contributed by atoms with Gasteiger partial charge in [0.05, 0.1) is 0 Å². The van der Waals surface area contributed by atoms with Crippen LogP contribution in [-0.4, -0.2) is 11.7 Å². The summed E-state index contributed by atoms with van der Waals surface area (Å²) in [4.78, 5) is 0. The SMILES string of the molecule is CCCCCCCCCCCCCCCCCCCCCCCCCCCCCCC1(CCCCO)CC1. The van der Waals surface area contributed by atoms with Crippen LogP contribution >= 0.6 is 0 Å². The predicted molar refractivity (Wildman–Crippen MR) is 172 cm³/mol. The maximum Gasteiger partial charge on any atom is 0.0431 e. The zero-order chi connectivity index (χ0) is 27.2. The Kier molecular flexibility index (Phi) is 27.0. The summed E-state index contributed by atoms with van der Waals surface area (Å²) < 4.78 is 0. The van der Waals surface area contributed by atoms with Crippen LogP contribution in [0.25, 0.3) is 0 Å². The van der Waals surface area contributed by atoms with Crippen LogP contribution in [-0.2, 0) is 0 Å². The average molecular weight is 535 g/mol. The van der Waals surface area contributed by atoms with Gasteiger partial charge in [0.2, 0.25) is 0 Å². The van der Waals surface area contributed by atoms with E-state index in [4.69, 9.17) is 5.11 Å². The van der Waals surface area contributed by atoms with Gasteiger partial charge in [0, 0.05) is 6.61 Å². The summed E-state index contributed by atoms with van der Waals surface area (Å²) in [6, 6.07) is 0. The molecule has 1 aliphatic carbocycles. The third-order valence-electron chi connectivity index (χ3n) is 9.63. The predicted octanol–water partition coefficient (Wildman–Crippen LogP) is 13.3. The number of aliphatic hydroxyl groups is 1. The number of aliphatic hydroxyl groups excluding tert-OH is 1. The maximum atomic E-state index is 8.97. The first-order valence-electron chi connectivity index (χ1n) is 18.4. The first-order chi connectivity index (χ1) is 18.8. The van der Waals surface area contributed by atoms with Gasteiger partial charge < -0.3 is 5.11 Å². The van der Waals surface area contributed by atoms with Gasteiger partial charge in [-0.2, -0.15) is 0 Å². The third kappa shape index (κ3) is 25.0. The molecule has 1 N–H and O–H groups in total. The Hall–Kier alpha value is -0.0400. The molecule has 38 heavy (non-hydrogen) atoms. The molecule has 228 valence electrons. The first-order valence-corrected chi connectivity index (χ1v) is 18.4. The Morgan fingerprint density at radius 2 is 0.579 bits per heavy atom. The van der Waals surface area contributed by atoms with Crippen LogP contribution in [0, 0.1) is 5.41 Å². The molecule has 0 spiro atoms. The molecule has 0 saturated heterocycles. The van der Waals surface area contributed by atoms with Gasteiger partial charge >= 0.3 is 0 Å². The minimum absolute atomic E-state index is 0.385. The molecule has 0 aromatic rings. The lowest BCUT2D eigenvalue weighted by molar-refractivity contribution is 0.273. The molecule has 0 heterocycles. The van der Waals surface area contributed by atoms with E-state index in [1.807, 2.05) is 0 Å². The molecule has 0 aromatic carbocycles. The largest absolute Gasteiger partial charge is 0.396 e. The fraction of sp³-hybridized carbons (Fsp3) is 1.00. The van der Waals surface area contributed by atoms with E-state index in [-0.39, 0.29) is 0 Å². The van der Waals surface area contributed by atoms with E-state index < -0.39 is 0 Å². The van der Waals surface area contributed by atoms with Crippen molar-refractivity contribution in [2.24, 2.45) is 5.41 Å². The molecule has 1 heteroatoms. The van der Waals surface area contributed by atoms with Crippen molar-refractivity contribution < 1.29 is 5.11 Å². The van der Waals surface area contributed by atoms with Crippen molar-refractivity contribution in [1.29, 1.82) is 0 Å². The van der Waals surface area contributed by atoms with Gasteiger partial charge in [-0.05, 0) is 37.5 Å². The van der Waals surface area contributed by atoms with Crippen LogP contribution in [0.2, 0.25) is 0 Å². The van der Waals surface area contributed by atoms with Crippen LogP contribution in [0.3, 0.4) is 0 Å². The van der Waals surface area contributed by atoms with Crippen molar-refractivity contribution in [3.05, 3.63) is 0 Å². The molecule has 0 bridgehead atoms. The van der Waals surface area contributed by atoms with E-state index >= 15 is 0 Å². The minimum atomic E-state index is 0.385.